The van der Waals surface area contributed by atoms with Gasteiger partial charge in [0.15, 0.2) is 5.78 Å². The highest BCUT2D eigenvalue weighted by atomic mass is 32.1. The van der Waals surface area contributed by atoms with Crippen LogP contribution in [0.4, 0.5) is 5.00 Å². The zero-order chi connectivity index (χ0) is 22.1. The summed E-state index contributed by atoms with van der Waals surface area (Å²) < 4.78 is 0. The zero-order valence-corrected chi connectivity index (χ0v) is 18.9. The molecule has 0 saturated heterocycles. The minimum absolute atomic E-state index is 0.0676. The van der Waals surface area contributed by atoms with Crippen LogP contribution in [-0.4, -0.2) is 17.6 Å². The largest absolute Gasteiger partial charge is 0.365 e. The fourth-order valence-electron chi connectivity index (χ4n) is 3.97. The molecule has 0 spiro atoms. The number of carbonyl (C=O) groups excluding carboxylic acids is 3. The van der Waals surface area contributed by atoms with Crippen LogP contribution in [0.5, 0.6) is 0 Å². The van der Waals surface area contributed by atoms with Gasteiger partial charge in [0.25, 0.3) is 5.91 Å². The van der Waals surface area contributed by atoms with Gasteiger partial charge in [0, 0.05) is 23.3 Å². The van der Waals surface area contributed by atoms with Gasteiger partial charge in [-0.25, -0.2) is 0 Å². The highest BCUT2D eigenvalue weighted by Gasteiger charge is 2.33. The Morgan fingerprint density at radius 1 is 1.13 bits per heavy atom. The van der Waals surface area contributed by atoms with E-state index in [9.17, 15) is 14.4 Å². The normalized spacial score (nSPS) is 16.1. The summed E-state index contributed by atoms with van der Waals surface area (Å²) in [4.78, 5) is 38.1. The van der Waals surface area contributed by atoms with E-state index in [1.165, 1.54) is 11.3 Å². The predicted octanol–water partition coefficient (Wildman–Crippen LogP) is 4.91. The van der Waals surface area contributed by atoms with Crippen molar-refractivity contribution >= 4 is 33.9 Å². The van der Waals surface area contributed by atoms with Crippen LogP contribution in [0.1, 0.15) is 76.8 Å². The average Bonchev–Trinajstić information content (AvgIpc) is 3.03. The third-order valence-electron chi connectivity index (χ3n) is 5.94. The Labute approximate surface area is 182 Å². The molecule has 1 unspecified atom stereocenters. The lowest BCUT2D eigenvalue weighted by atomic mass is 9.72. The van der Waals surface area contributed by atoms with Crippen molar-refractivity contribution in [2.75, 3.05) is 5.32 Å². The van der Waals surface area contributed by atoms with E-state index in [4.69, 9.17) is 5.73 Å². The van der Waals surface area contributed by atoms with Crippen LogP contribution in [0, 0.1) is 18.3 Å². The highest BCUT2D eigenvalue weighted by Crippen LogP contribution is 2.44. The molecular weight excluding hydrogens is 396 g/mol. The summed E-state index contributed by atoms with van der Waals surface area (Å²) >= 11 is 1.45. The second kappa shape index (κ2) is 8.72. The van der Waals surface area contributed by atoms with E-state index in [0.29, 0.717) is 22.0 Å². The number of fused-ring (bicyclic) bond motifs is 1. The molecule has 30 heavy (non-hydrogen) atoms. The second-order valence-electron chi connectivity index (χ2n) is 9.22. The van der Waals surface area contributed by atoms with Crippen LogP contribution < -0.4 is 11.1 Å². The first-order chi connectivity index (χ1) is 14.1. The van der Waals surface area contributed by atoms with Gasteiger partial charge in [0.2, 0.25) is 5.91 Å². The van der Waals surface area contributed by atoms with E-state index < -0.39 is 5.91 Å². The number of nitrogens with one attached hydrogen (secondary N) is 1. The molecule has 2 aromatic rings. The molecule has 1 aromatic heterocycles. The van der Waals surface area contributed by atoms with Crippen molar-refractivity contribution in [1.82, 2.24) is 0 Å². The first-order valence-electron chi connectivity index (χ1n) is 10.4. The number of carbonyl (C=O) groups is 3. The summed E-state index contributed by atoms with van der Waals surface area (Å²) in [7, 11) is 0. The van der Waals surface area contributed by atoms with Crippen molar-refractivity contribution in [3.05, 3.63) is 51.4 Å². The molecule has 0 bridgehead atoms. The van der Waals surface area contributed by atoms with Gasteiger partial charge in [-0.15, -0.1) is 11.3 Å². The van der Waals surface area contributed by atoms with Gasteiger partial charge in [-0.1, -0.05) is 50.6 Å². The molecular formula is C24H30N2O3S. The maximum Gasteiger partial charge on any atom is 0.251 e. The average molecular weight is 427 g/mol. The Kier molecular flexibility index (Phi) is 6.46. The van der Waals surface area contributed by atoms with Crippen LogP contribution in [0.2, 0.25) is 0 Å². The minimum atomic E-state index is -0.507. The fourth-order valence-corrected chi connectivity index (χ4v) is 5.32. The maximum atomic E-state index is 12.5. The van der Waals surface area contributed by atoms with Gasteiger partial charge in [0.1, 0.15) is 5.00 Å². The Morgan fingerprint density at radius 2 is 1.80 bits per heavy atom. The number of primary amides is 1. The standard InChI is InChI=1S/C24H30N2O3S/c1-14-5-7-15(8-6-14)18(27)11-12-20(28)26-23-21(22(25)29)17-10-9-16(24(2,3)4)13-19(17)30-23/h5-8,16H,9-13H2,1-4H3,(H2,25,29)(H,26,28). The van der Waals surface area contributed by atoms with Gasteiger partial charge in [-0.2, -0.15) is 0 Å². The molecule has 2 amide bonds. The van der Waals surface area contributed by atoms with E-state index in [2.05, 4.69) is 26.1 Å². The van der Waals surface area contributed by atoms with E-state index in [1.54, 1.807) is 12.1 Å². The van der Waals surface area contributed by atoms with Crippen molar-refractivity contribution in [1.29, 1.82) is 0 Å². The summed E-state index contributed by atoms with van der Waals surface area (Å²) in [6, 6.07) is 7.32. The smallest absolute Gasteiger partial charge is 0.251 e. The number of Topliss-reactive ketones (excluding diaryl/α,β-unsaturated/α-hetero) is 1. The zero-order valence-electron chi connectivity index (χ0n) is 18.1. The first kappa shape index (κ1) is 22.2. The number of hydrogen-bond acceptors (Lipinski definition) is 4. The van der Waals surface area contributed by atoms with Gasteiger partial charge >= 0.3 is 0 Å². The molecule has 0 fully saturated rings. The molecule has 1 aliphatic rings. The fraction of sp³-hybridized carbons (Fsp3) is 0.458. The molecule has 1 aliphatic carbocycles. The summed E-state index contributed by atoms with van der Waals surface area (Å²) in [5, 5.41) is 3.37. The Bertz CT molecular complexity index is 968. The summed E-state index contributed by atoms with van der Waals surface area (Å²) in [5.41, 5.74) is 8.96. The predicted molar refractivity (Wildman–Crippen MR) is 121 cm³/mol. The summed E-state index contributed by atoms with van der Waals surface area (Å²) in [6.45, 7) is 8.67. The van der Waals surface area contributed by atoms with Crippen LogP contribution in [-0.2, 0) is 17.6 Å². The molecule has 160 valence electrons. The molecule has 3 rings (SSSR count). The maximum absolute atomic E-state index is 12.5. The van der Waals surface area contributed by atoms with Crippen molar-refractivity contribution in [2.24, 2.45) is 17.1 Å². The molecule has 1 atom stereocenters. The lowest BCUT2D eigenvalue weighted by Gasteiger charge is -2.33. The van der Waals surface area contributed by atoms with Crippen LogP contribution in [0.15, 0.2) is 24.3 Å². The number of benzene rings is 1. The van der Waals surface area contributed by atoms with Crippen molar-refractivity contribution in [2.45, 2.75) is 59.8 Å². The number of amides is 2. The number of thiophene rings is 1. The molecule has 3 N–H and O–H groups in total. The molecule has 6 heteroatoms. The van der Waals surface area contributed by atoms with Crippen LogP contribution in [0.25, 0.3) is 0 Å². The van der Waals surface area contributed by atoms with E-state index in [1.807, 2.05) is 19.1 Å². The van der Waals surface area contributed by atoms with Gasteiger partial charge in [-0.05, 0) is 43.1 Å². The summed E-state index contributed by atoms with van der Waals surface area (Å²) in [5.74, 6) is -0.324. The van der Waals surface area contributed by atoms with Crippen molar-refractivity contribution in [3.8, 4) is 0 Å². The Balaban J connectivity index is 1.69. The Hall–Kier alpha value is -2.47. The number of aryl methyl sites for hydroxylation is 1. The topological polar surface area (TPSA) is 89.3 Å². The number of ketones is 1. The molecule has 5 nitrogen and oxygen atoms in total. The molecule has 1 heterocycles. The monoisotopic (exact) mass is 426 g/mol. The van der Waals surface area contributed by atoms with Gasteiger partial charge < -0.3 is 11.1 Å². The van der Waals surface area contributed by atoms with E-state index in [0.717, 1.165) is 35.3 Å². The number of rotatable bonds is 6. The Morgan fingerprint density at radius 3 is 2.40 bits per heavy atom. The minimum Gasteiger partial charge on any atom is -0.365 e. The van der Waals surface area contributed by atoms with E-state index in [-0.39, 0.29) is 29.9 Å². The lowest BCUT2D eigenvalue weighted by molar-refractivity contribution is -0.116. The van der Waals surface area contributed by atoms with Crippen molar-refractivity contribution < 1.29 is 14.4 Å². The lowest BCUT2D eigenvalue weighted by Crippen LogP contribution is -2.27. The quantitative estimate of drug-likeness (QED) is 0.643. The van der Waals surface area contributed by atoms with Crippen LogP contribution in [0.3, 0.4) is 0 Å². The first-order valence-corrected chi connectivity index (χ1v) is 11.2. The molecule has 0 aliphatic heterocycles. The third kappa shape index (κ3) is 4.98. The number of nitrogens with two attached hydrogens (primary N) is 1. The number of anilines is 1. The number of hydrogen-bond donors (Lipinski definition) is 2. The van der Waals surface area contributed by atoms with Crippen LogP contribution >= 0.6 is 11.3 Å². The highest BCUT2D eigenvalue weighted by molar-refractivity contribution is 7.17. The molecule has 0 saturated carbocycles. The molecule has 0 radical (unpaired) electrons. The third-order valence-corrected chi connectivity index (χ3v) is 7.11. The second-order valence-corrected chi connectivity index (χ2v) is 10.3. The SMILES string of the molecule is Cc1ccc(C(=O)CCC(=O)Nc2sc3c(c2C(N)=O)CCC(C(C)(C)C)C3)cc1. The van der Waals surface area contributed by atoms with E-state index >= 15 is 0 Å². The summed E-state index contributed by atoms with van der Waals surface area (Å²) in [6.07, 6.45) is 2.89. The van der Waals surface area contributed by atoms with Crippen molar-refractivity contribution in [3.63, 3.8) is 0 Å². The molecule has 1 aromatic carbocycles. The van der Waals surface area contributed by atoms with Gasteiger partial charge in [-0.3, -0.25) is 14.4 Å². The van der Waals surface area contributed by atoms with Gasteiger partial charge in [0.05, 0.1) is 5.56 Å².